The lowest BCUT2D eigenvalue weighted by atomic mass is 10.1. The van der Waals surface area contributed by atoms with Gasteiger partial charge in [0, 0.05) is 0 Å². The van der Waals surface area contributed by atoms with E-state index in [2.05, 4.69) is 15.6 Å². The van der Waals surface area contributed by atoms with Crippen LogP contribution in [0.2, 0.25) is 0 Å². The Bertz CT molecular complexity index is 662. The monoisotopic (exact) mass is 342 g/mol. The zero-order valence-corrected chi connectivity index (χ0v) is 14.1. The summed E-state index contributed by atoms with van der Waals surface area (Å²) in [6.45, 7) is 0.143. The number of hydrogen-bond donors (Lipinski definition) is 2. The second kappa shape index (κ2) is 10.1. The number of carbonyl (C=O) groups excluding carboxylic acids is 2. The molecule has 132 valence electrons. The lowest BCUT2D eigenvalue weighted by Gasteiger charge is -2.17. The van der Waals surface area contributed by atoms with Crippen molar-refractivity contribution in [1.82, 2.24) is 10.8 Å². The highest BCUT2D eigenvalue weighted by Gasteiger charge is 2.21. The first-order chi connectivity index (χ1) is 12.2. The quantitative estimate of drug-likeness (QED) is 0.723. The molecule has 0 saturated carbocycles. The first-order valence-corrected chi connectivity index (χ1v) is 8.03. The van der Waals surface area contributed by atoms with Crippen molar-refractivity contribution in [3.05, 3.63) is 71.8 Å². The number of hydrogen-bond acceptors (Lipinski definition) is 4. The van der Waals surface area contributed by atoms with Gasteiger partial charge in [-0.3, -0.25) is 9.63 Å². The summed E-state index contributed by atoms with van der Waals surface area (Å²) in [6, 6.07) is 18.3. The fourth-order valence-electron chi connectivity index (χ4n) is 2.30. The van der Waals surface area contributed by atoms with E-state index < -0.39 is 18.0 Å². The highest BCUT2D eigenvalue weighted by molar-refractivity contribution is 5.84. The largest absolute Gasteiger partial charge is 0.445 e. The predicted octanol–water partition coefficient (Wildman–Crippen LogP) is 2.59. The van der Waals surface area contributed by atoms with Crippen LogP contribution in [0.5, 0.6) is 0 Å². The van der Waals surface area contributed by atoms with E-state index in [1.54, 1.807) is 0 Å². The van der Waals surface area contributed by atoms with E-state index in [9.17, 15) is 9.59 Å². The Morgan fingerprint density at radius 3 is 2.16 bits per heavy atom. The van der Waals surface area contributed by atoms with Gasteiger partial charge in [0.15, 0.2) is 0 Å². The van der Waals surface area contributed by atoms with Gasteiger partial charge in [0.25, 0.3) is 5.91 Å². The van der Waals surface area contributed by atoms with E-state index in [-0.39, 0.29) is 6.61 Å². The number of aryl methyl sites for hydroxylation is 1. The number of hydroxylamine groups is 1. The molecule has 0 saturated heterocycles. The summed E-state index contributed by atoms with van der Waals surface area (Å²) < 4.78 is 5.17. The van der Waals surface area contributed by atoms with Crippen LogP contribution in [0.4, 0.5) is 4.79 Å². The molecule has 0 spiro atoms. The normalized spacial score (nSPS) is 11.4. The molecule has 2 rings (SSSR count). The first-order valence-electron chi connectivity index (χ1n) is 8.03. The minimum absolute atomic E-state index is 0.143. The van der Waals surface area contributed by atoms with Gasteiger partial charge in [-0.1, -0.05) is 60.7 Å². The SMILES string of the molecule is CONC(=O)[C@H](CCc1ccccc1)NC(=O)OCc1ccccc1. The molecule has 25 heavy (non-hydrogen) atoms. The van der Waals surface area contributed by atoms with Crippen LogP contribution in [-0.4, -0.2) is 25.2 Å². The molecule has 0 heterocycles. The molecule has 0 aliphatic carbocycles. The number of alkyl carbamates (subject to hydrolysis) is 1. The van der Waals surface area contributed by atoms with E-state index in [0.29, 0.717) is 12.8 Å². The molecular weight excluding hydrogens is 320 g/mol. The summed E-state index contributed by atoms with van der Waals surface area (Å²) in [4.78, 5) is 28.7. The molecule has 0 bridgehead atoms. The third-order valence-corrected chi connectivity index (χ3v) is 3.59. The van der Waals surface area contributed by atoms with Gasteiger partial charge >= 0.3 is 6.09 Å². The van der Waals surface area contributed by atoms with Crippen molar-refractivity contribution in [1.29, 1.82) is 0 Å². The molecule has 2 amide bonds. The number of amides is 2. The van der Waals surface area contributed by atoms with E-state index in [0.717, 1.165) is 11.1 Å². The van der Waals surface area contributed by atoms with Crippen LogP contribution in [0.25, 0.3) is 0 Å². The first kappa shape index (κ1) is 18.5. The Morgan fingerprint density at radius 1 is 0.960 bits per heavy atom. The topological polar surface area (TPSA) is 76.7 Å². The van der Waals surface area contributed by atoms with Crippen LogP contribution >= 0.6 is 0 Å². The number of benzene rings is 2. The van der Waals surface area contributed by atoms with Crippen molar-refractivity contribution in [2.24, 2.45) is 0 Å². The minimum atomic E-state index is -0.747. The molecule has 0 aliphatic rings. The van der Waals surface area contributed by atoms with Gasteiger partial charge in [-0.15, -0.1) is 0 Å². The molecule has 2 aromatic rings. The van der Waals surface area contributed by atoms with Crippen LogP contribution in [0.3, 0.4) is 0 Å². The maximum absolute atomic E-state index is 12.1. The summed E-state index contributed by atoms with van der Waals surface area (Å²) in [5, 5.41) is 2.59. The fourth-order valence-corrected chi connectivity index (χ4v) is 2.30. The van der Waals surface area contributed by atoms with E-state index in [1.165, 1.54) is 7.11 Å². The average Bonchev–Trinajstić information content (AvgIpc) is 2.65. The van der Waals surface area contributed by atoms with Crippen LogP contribution in [0.15, 0.2) is 60.7 Å². The van der Waals surface area contributed by atoms with Crippen LogP contribution in [0.1, 0.15) is 17.5 Å². The number of nitrogens with one attached hydrogen (secondary N) is 2. The molecule has 2 N–H and O–H groups in total. The molecular formula is C19H22N2O4. The predicted molar refractivity (Wildman–Crippen MR) is 93.5 cm³/mol. The Balaban J connectivity index is 1.88. The molecule has 2 aromatic carbocycles. The van der Waals surface area contributed by atoms with Gasteiger partial charge in [0.05, 0.1) is 7.11 Å². The van der Waals surface area contributed by atoms with Crippen molar-refractivity contribution in [3.63, 3.8) is 0 Å². The average molecular weight is 342 g/mol. The molecule has 6 heteroatoms. The molecule has 0 aliphatic heterocycles. The number of rotatable bonds is 8. The van der Waals surface area contributed by atoms with Crippen LogP contribution in [0, 0.1) is 0 Å². The van der Waals surface area contributed by atoms with Crippen molar-refractivity contribution in [3.8, 4) is 0 Å². The van der Waals surface area contributed by atoms with Gasteiger partial charge in [0.2, 0.25) is 0 Å². The highest BCUT2D eigenvalue weighted by Crippen LogP contribution is 2.06. The summed E-state index contributed by atoms with van der Waals surface area (Å²) in [5.41, 5.74) is 4.21. The van der Waals surface area contributed by atoms with Crippen molar-refractivity contribution >= 4 is 12.0 Å². The Labute approximate surface area is 147 Å². The Hall–Kier alpha value is -2.86. The lowest BCUT2D eigenvalue weighted by molar-refractivity contribution is -0.133. The minimum Gasteiger partial charge on any atom is -0.445 e. The Morgan fingerprint density at radius 2 is 1.56 bits per heavy atom. The second-order valence-corrected chi connectivity index (χ2v) is 5.45. The molecule has 0 fully saturated rings. The molecule has 0 unspecified atom stereocenters. The molecule has 0 radical (unpaired) electrons. The van der Waals surface area contributed by atoms with E-state index in [1.807, 2.05) is 60.7 Å². The maximum Gasteiger partial charge on any atom is 0.408 e. The van der Waals surface area contributed by atoms with Crippen LogP contribution < -0.4 is 10.8 Å². The fraction of sp³-hybridized carbons (Fsp3) is 0.263. The maximum atomic E-state index is 12.1. The summed E-state index contributed by atoms with van der Waals surface area (Å²) in [6.07, 6.45) is 0.425. The van der Waals surface area contributed by atoms with Gasteiger partial charge in [0.1, 0.15) is 12.6 Å². The molecule has 1 atom stereocenters. The second-order valence-electron chi connectivity index (χ2n) is 5.45. The third-order valence-electron chi connectivity index (χ3n) is 3.59. The summed E-state index contributed by atoms with van der Waals surface area (Å²) in [7, 11) is 1.35. The van der Waals surface area contributed by atoms with Gasteiger partial charge in [-0.2, -0.15) is 0 Å². The number of ether oxygens (including phenoxy) is 1. The third kappa shape index (κ3) is 6.64. The molecule has 0 aromatic heterocycles. The lowest BCUT2D eigenvalue weighted by Crippen LogP contribution is -2.46. The zero-order chi connectivity index (χ0) is 17.9. The Kier molecular flexibility index (Phi) is 7.46. The summed E-state index contributed by atoms with van der Waals surface area (Å²) in [5.74, 6) is -0.421. The van der Waals surface area contributed by atoms with Gasteiger partial charge < -0.3 is 10.1 Å². The summed E-state index contributed by atoms with van der Waals surface area (Å²) >= 11 is 0. The van der Waals surface area contributed by atoms with Gasteiger partial charge in [-0.05, 0) is 24.0 Å². The van der Waals surface area contributed by atoms with Crippen molar-refractivity contribution in [2.45, 2.75) is 25.5 Å². The zero-order valence-electron chi connectivity index (χ0n) is 14.1. The smallest absolute Gasteiger partial charge is 0.408 e. The van der Waals surface area contributed by atoms with Crippen LogP contribution in [-0.2, 0) is 27.4 Å². The van der Waals surface area contributed by atoms with Crippen molar-refractivity contribution in [2.75, 3.05) is 7.11 Å². The standard InChI is InChI=1S/C19H22N2O4/c1-24-21-18(22)17(13-12-15-8-4-2-5-9-15)20-19(23)25-14-16-10-6-3-7-11-16/h2-11,17H,12-14H2,1H3,(H,20,23)(H,21,22)/t17-/m0/s1. The van der Waals surface area contributed by atoms with Gasteiger partial charge in [-0.25, -0.2) is 10.3 Å². The number of carbonyl (C=O) groups is 2. The van der Waals surface area contributed by atoms with E-state index in [4.69, 9.17) is 4.74 Å². The highest BCUT2D eigenvalue weighted by atomic mass is 16.6. The van der Waals surface area contributed by atoms with Crippen molar-refractivity contribution < 1.29 is 19.2 Å². The van der Waals surface area contributed by atoms with E-state index >= 15 is 0 Å². The molecule has 6 nitrogen and oxygen atoms in total.